The Labute approximate surface area is 219 Å². The molecule has 2 aromatic carbocycles. The maximum atomic E-state index is 13.0. The lowest BCUT2D eigenvalue weighted by Crippen LogP contribution is -2.51. The van der Waals surface area contributed by atoms with Crippen LogP contribution in [0, 0.1) is 0 Å². The van der Waals surface area contributed by atoms with Crippen molar-refractivity contribution < 1.29 is 14.4 Å². The number of carbonyl (C=O) groups is 3. The van der Waals surface area contributed by atoms with E-state index in [1.807, 2.05) is 6.07 Å². The van der Waals surface area contributed by atoms with Crippen LogP contribution in [0.3, 0.4) is 0 Å². The molecule has 3 amide bonds. The number of hydrogen-bond donors (Lipinski definition) is 1. The molecule has 0 saturated carbocycles. The summed E-state index contributed by atoms with van der Waals surface area (Å²) in [5, 5.41) is 2.28. The average Bonchev–Trinajstić information content (AvgIpc) is 3.02. The van der Waals surface area contributed by atoms with Crippen molar-refractivity contribution >= 4 is 62.2 Å². The van der Waals surface area contributed by atoms with Gasteiger partial charge in [0.1, 0.15) is 6.54 Å². The van der Waals surface area contributed by atoms with E-state index >= 15 is 0 Å². The zero-order chi connectivity index (χ0) is 25.5. The number of hydrogen-bond acceptors (Lipinski definition) is 5. The van der Waals surface area contributed by atoms with E-state index in [-0.39, 0.29) is 12.1 Å². The Balaban J connectivity index is 1.52. The molecule has 6 nitrogen and oxygen atoms in total. The summed E-state index contributed by atoms with van der Waals surface area (Å²) in [6.45, 7) is 10.9. The fourth-order valence-electron chi connectivity index (χ4n) is 5.20. The minimum Gasteiger partial charge on any atom is -0.364 e. The number of imide groups is 1. The second kappa shape index (κ2) is 9.82. The molecular weight excluding hydrogens is 526 g/mol. The lowest BCUT2D eigenvalue weighted by atomic mass is 9.79. The number of nitrogens with zero attached hydrogens (tertiary/aromatic N) is 2. The molecule has 1 fully saturated rings. The number of benzene rings is 2. The van der Waals surface area contributed by atoms with E-state index in [2.05, 4.69) is 72.9 Å². The summed E-state index contributed by atoms with van der Waals surface area (Å²) < 4.78 is 0.892. The number of carbonyl (C=O) groups excluding carboxylic acids is 3. The zero-order valence-corrected chi connectivity index (χ0v) is 23.0. The number of thioether (sulfide) groups is 1. The summed E-state index contributed by atoms with van der Waals surface area (Å²) in [7, 11) is 0. The van der Waals surface area contributed by atoms with Gasteiger partial charge in [0, 0.05) is 27.4 Å². The molecule has 8 heteroatoms. The first-order valence-electron chi connectivity index (χ1n) is 11.7. The van der Waals surface area contributed by atoms with Crippen molar-refractivity contribution in [1.29, 1.82) is 0 Å². The molecule has 2 aliphatic heterocycles. The fraction of sp³-hybridized carbons (Fsp3) is 0.370. The quantitative estimate of drug-likeness (QED) is 0.419. The summed E-state index contributed by atoms with van der Waals surface area (Å²) in [4.78, 5) is 41.7. The molecule has 0 aromatic heterocycles. The predicted molar refractivity (Wildman–Crippen MR) is 147 cm³/mol. The van der Waals surface area contributed by atoms with Gasteiger partial charge in [-0.05, 0) is 105 Å². The Hall–Kier alpha value is -2.58. The van der Waals surface area contributed by atoms with Crippen LogP contribution < -0.4 is 10.2 Å². The van der Waals surface area contributed by atoms with Crippen LogP contribution in [0.5, 0.6) is 0 Å². The third kappa shape index (κ3) is 5.33. The standard InChI is InChI=1S/C27H30BrN3O3S/c1-16(2)31-22-11-6-18(12-21(22)17(3)14-27(31,4)5)13-23-25(33)30(26(34)35-23)15-24(32)29-20-9-7-19(28)8-10-20/h6-13,16-17H,14-15H2,1-5H3,(H,29,32)/b23-13-/t17-/m1/s1. The highest BCUT2D eigenvalue weighted by Gasteiger charge is 2.38. The molecule has 4 rings (SSSR count). The van der Waals surface area contributed by atoms with Crippen molar-refractivity contribution in [3.8, 4) is 0 Å². The highest BCUT2D eigenvalue weighted by molar-refractivity contribution is 9.10. The highest BCUT2D eigenvalue weighted by atomic mass is 79.9. The van der Waals surface area contributed by atoms with Crippen LogP contribution in [0.2, 0.25) is 0 Å². The van der Waals surface area contributed by atoms with Crippen LogP contribution in [-0.2, 0) is 9.59 Å². The molecule has 0 unspecified atom stereocenters. The number of halogens is 1. The Bertz CT molecular complexity index is 1210. The van der Waals surface area contributed by atoms with Crippen molar-refractivity contribution in [2.75, 3.05) is 16.8 Å². The van der Waals surface area contributed by atoms with Gasteiger partial charge in [0.05, 0.1) is 4.91 Å². The van der Waals surface area contributed by atoms with E-state index < -0.39 is 17.1 Å². The summed E-state index contributed by atoms with van der Waals surface area (Å²) >= 11 is 4.22. The van der Waals surface area contributed by atoms with E-state index in [9.17, 15) is 14.4 Å². The second-order valence-electron chi connectivity index (χ2n) is 10.0. The monoisotopic (exact) mass is 555 g/mol. The third-order valence-electron chi connectivity index (χ3n) is 6.42. The lowest BCUT2D eigenvalue weighted by molar-refractivity contribution is -0.127. The van der Waals surface area contributed by atoms with Gasteiger partial charge in [-0.2, -0.15) is 0 Å². The Morgan fingerprint density at radius 3 is 2.54 bits per heavy atom. The predicted octanol–water partition coefficient (Wildman–Crippen LogP) is 6.62. The first-order valence-corrected chi connectivity index (χ1v) is 13.3. The maximum Gasteiger partial charge on any atom is 0.294 e. The van der Waals surface area contributed by atoms with Gasteiger partial charge in [0.25, 0.3) is 11.1 Å². The first kappa shape index (κ1) is 25.5. The van der Waals surface area contributed by atoms with Gasteiger partial charge in [0.15, 0.2) is 0 Å². The minimum absolute atomic E-state index is 0.0571. The van der Waals surface area contributed by atoms with Crippen molar-refractivity contribution in [1.82, 2.24) is 4.90 Å². The van der Waals surface area contributed by atoms with Gasteiger partial charge in [-0.25, -0.2) is 0 Å². The second-order valence-corrected chi connectivity index (χ2v) is 11.9. The number of rotatable bonds is 5. The first-order chi connectivity index (χ1) is 16.5. The minimum atomic E-state index is -0.443. The number of fused-ring (bicyclic) bond motifs is 1. The van der Waals surface area contributed by atoms with Crippen molar-refractivity contribution in [2.24, 2.45) is 0 Å². The van der Waals surface area contributed by atoms with Gasteiger partial charge < -0.3 is 10.2 Å². The molecule has 0 aliphatic carbocycles. The van der Waals surface area contributed by atoms with Crippen LogP contribution >= 0.6 is 27.7 Å². The maximum absolute atomic E-state index is 13.0. The van der Waals surface area contributed by atoms with Gasteiger partial charge in [-0.15, -0.1) is 0 Å². The van der Waals surface area contributed by atoms with Crippen molar-refractivity contribution in [3.05, 3.63) is 63.0 Å². The summed E-state index contributed by atoms with van der Waals surface area (Å²) in [6.07, 6.45) is 2.79. The highest BCUT2D eigenvalue weighted by Crippen LogP contribution is 2.45. The zero-order valence-electron chi connectivity index (χ0n) is 20.6. The van der Waals surface area contributed by atoms with E-state index in [4.69, 9.17) is 0 Å². The molecule has 0 spiro atoms. The molecule has 1 atom stereocenters. The van der Waals surface area contributed by atoms with Crippen molar-refractivity contribution in [3.63, 3.8) is 0 Å². The summed E-state index contributed by atoms with van der Waals surface area (Å²) in [5.41, 5.74) is 4.01. The number of amides is 3. The Kier molecular flexibility index (Phi) is 7.16. The fourth-order valence-corrected chi connectivity index (χ4v) is 6.31. The van der Waals surface area contributed by atoms with Gasteiger partial charge in [-0.3, -0.25) is 19.3 Å². The molecule has 2 aliphatic rings. The van der Waals surface area contributed by atoms with E-state index in [1.165, 1.54) is 11.3 Å². The number of nitrogens with one attached hydrogen (secondary N) is 1. The summed E-state index contributed by atoms with van der Waals surface area (Å²) in [6, 6.07) is 13.7. The van der Waals surface area contributed by atoms with Crippen LogP contribution in [0.25, 0.3) is 6.08 Å². The molecule has 2 aromatic rings. The van der Waals surface area contributed by atoms with E-state index in [0.29, 0.717) is 22.6 Å². The van der Waals surface area contributed by atoms with Crippen molar-refractivity contribution in [2.45, 2.75) is 58.5 Å². The number of anilines is 2. The third-order valence-corrected chi connectivity index (χ3v) is 7.85. The topological polar surface area (TPSA) is 69.7 Å². The molecule has 2 heterocycles. The smallest absolute Gasteiger partial charge is 0.294 e. The van der Waals surface area contributed by atoms with E-state index in [0.717, 1.165) is 33.1 Å². The van der Waals surface area contributed by atoms with E-state index in [1.54, 1.807) is 30.3 Å². The SMILES string of the molecule is CC(C)N1c2ccc(/C=C3\SC(=O)N(CC(=O)Nc4ccc(Br)cc4)C3=O)cc2[C@H](C)CC1(C)C. The van der Waals surface area contributed by atoms with Crippen LogP contribution in [-0.4, -0.2) is 40.1 Å². The molecule has 35 heavy (non-hydrogen) atoms. The molecule has 184 valence electrons. The lowest BCUT2D eigenvalue weighted by Gasteiger charge is -2.50. The Morgan fingerprint density at radius 2 is 1.89 bits per heavy atom. The van der Waals surface area contributed by atoms with Crippen LogP contribution in [0.4, 0.5) is 16.2 Å². The largest absolute Gasteiger partial charge is 0.364 e. The molecule has 1 saturated heterocycles. The molecule has 1 N–H and O–H groups in total. The normalized spacial score (nSPS) is 20.5. The van der Waals surface area contributed by atoms with Gasteiger partial charge in [0.2, 0.25) is 5.91 Å². The average molecular weight is 557 g/mol. The molecule has 0 bridgehead atoms. The van der Waals surface area contributed by atoms with Gasteiger partial charge >= 0.3 is 0 Å². The molecule has 0 radical (unpaired) electrons. The summed E-state index contributed by atoms with van der Waals surface area (Å²) in [5.74, 6) is -0.489. The van der Waals surface area contributed by atoms with Crippen LogP contribution in [0.1, 0.15) is 58.1 Å². The molecular formula is C27H30BrN3O3S. The van der Waals surface area contributed by atoms with Gasteiger partial charge in [-0.1, -0.05) is 28.9 Å². The van der Waals surface area contributed by atoms with Crippen LogP contribution in [0.15, 0.2) is 51.8 Å². The Morgan fingerprint density at radius 1 is 1.20 bits per heavy atom.